The number of guanidine groups is 1. The minimum Gasteiger partial charge on any atom is -0.497 e. The summed E-state index contributed by atoms with van der Waals surface area (Å²) in [5, 5.41) is 11.9. The quantitative estimate of drug-likeness (QED) is 0.382. The van der Waals surface area contributed by atoms with Crippen molar-refractivity contribution in [2.75, 3.05) is 27.8 Å². The second-order valence-electron chi connectivity index (χ2n) is 8.31. The first-order valence-electron chi connectivity index (χ1n) is 10.9. The predicted molar refractivity (Wildman–Crippen MR) is 127 cm³/mol. The lowest BCUT2D eigenvalue weighted by Crippen LogP contribution is -2.49. The maximum atomic E-state index is 13.1. The largest absolute Gasteiger partial charge is 0.497 e. The molecule has 0 aromatic heterocycles. The summed E-state index contributed by atoms with van der Waals surface area (Å²) < 4.78 is 10.6. The minimum absolute atomic E-state index is 0.186. The SMILES string of the molecule is COc1ccc(C(=O)NC[C@]2(c3ccccc3)CC[C@H](N(C)C(N)=NC#N)CC2)c(OC)c1. The molecule has 0 aliphatic heterocycles. The number of ether oxygens (including phenoxy) is 2. The molecule has 1 aliphatic rings. The van der Waals surface area contributed by atoms with Crippen molar-refractivity contribution in [3.63, 3.8) is 0 Å². The molecular weight excluding hydrogens is 418 g/mol. The van der Waals surface area contributed by atoms with Gasteiger partial charge < -0.3 is 25.4 Å². The summed E-state index contributed by atoms with van der Waals surface area (Å²) in [7, 11) is 4.98. The number of nitriles is 1. The van der Waals surface area contributed by atoms with Crippen LogP contribution in [0, 0.1) is 11.5 Å². The Balaban J connectivity index is 1.78. The van der Waals surface area contributed by atoms with E-state index in [0.717, 1.165) is 25.7 Å². The molecule has 1 saturated carbocycles. The molecule has 8 nitrogen and oxygen atoms in total. The van der Waals surface area contributed by atoms with Gasteiger partial charge in [-0.05, 0) is 43.4 Å². The fourth-order valence-corrected chi connectivity index (χ4v) is 4.55. The van der Waals surface area contributed by atoms with Gasteiger partial charge in [0.05, 0.1) is 19.8 Å². The summed E-state index contributed by atoms with van der Waals surface area (Å²) in [4.78, 5) is 18.6. The Morgan fingerprint density at radius 1 is 1.21 bits per heavy atom. The van der Waals surface area contributed by atoms with Gasteiger partial charge in [-0.1, -0.05) is 30.3 Å². The van der Waals surface area contributed by atoms with E-state index in [1.807, 2.05) is 30.1 Å². The number of aliphatic imine (C=N–C) groups is 1. The molecular formula is C25H31N5O3. The van der Waals surface area contributed by atoms with Crippen molar-refractivity contribution in [1.82, 2.24) is 10.2 Å². The third-order valence-corrected chi connectivity index (χ3v) is 6.61. The summed E-state index contributed by atoms with van der Waals surface area (Å²) in [5.41, 5.74) is 7.39. The Morgan fingerprint density at radius 3 is 2.52 bits per heavy atom. The molecule has 0 unspecified atom stereocenters. The van der Waals surface area contributed by atoms with Crippen molar-refractivity contribution >= 4 is 11.9 Å². The van der Waals surface area contributed by atoms with Gasteiger partial charge in [-0.15, -0.1) is 4.99 Å². The van der Waals surface area contributed by atoms with Crippen molar-refractivity contribution in [3.8, 4) is 17.7 Å². The smallest absolute Gasteiger partial charge is 0.255 e. The van der Waals surface area contributed by atoms with E-state index in [1.54, 1.807) is 31.5 Å². The van der Waals surface area contributed by atoms with Gasteiger partial charge in [-0.25, -0.2) is 0 Å². The van der Waals surface area contributed by atoms with Crippen LogP contribution in [0.25, 0.3) is 0 Å². The second kappa shape index (κ2) is 10.7. The Hall–Kier alpha value is -3.73. The lowest BCUT2D eigenvalue weighted by molar-refractivity contribution is 0.0927. The molecule has 0 spiro atoms. The average molecular weight is 450 g/mol. The second-order valence-corrected chi connectivity index (χ2v) is 8.31. The Kier molecular flexibility index (Phi) is 7.78. The zero-order chi connectivity index (χ0) is 23.8. The van der Waals surface area contributed by atoms with Crippen LogP contribution in [-0.2, 0) is 5.41 Å². The van der Waals surface area contributed by atoms with Gasteiger partial charge in [0.25, 0.3) is 5.91 Å². The zero-order valence-corrected chi connectivity index (χ0v) is 19.4. The van der Waals surface area contributed by atoms with E-state index in [-0.39, 0.29) is 23.3 Å². The molecule has 0 bridgehead atoms. The van der Waals surface area contributed by atoms with Gasteiger partial charge >= 0.3 is 0 Å². The van der Waals surface area contributed by atoms with Gasteiger partial charge in [0.15, 0.2) is 0 Å². The van der Waals surface area contributed by atoms with Crippen LogP contribution in [-0.4, -0.2) is 50.6 Å². The number of carbonyl (C=O) groups is 1. The molecule has 0 atom stereocenters. The molecule has 0 saturated heterocycles. The lowest BCUT2D eigenvalue weighted by atomic mass is 9.68. The van der Waals surface area contributed by atoms with Crippen LogP contribution < -0.4 is 20.5 Å². The topological polar surface area (TPSA) is 113 Å². The highest BCUT2D eigenvalue weighted by Crippen LogP contribution is 2.40. The van der Waals surface area contributed by atoms with Crippen molar-refractivity contribution in [3.05, 3.63) is 59.7 Å². The van der Waals surface area contributed by atoms with E-state index in [4.69, 9.17) is 20.5 Å². The van der Waals surface area contributed by atoms with Crippen molar-refractivity contribution in [1.29, 1.82) is 5.26 Å². The van der Waals surface area contributed by atoms with Crippen LogP contribution >= 0.6 is 0 Å². The molecule has 1 fully saturated rings. The average Bonchev–Trinajstić information content (AvgIpc) is 2.87. The number of hydrogen-bond donors (Lipinski definition) is 2. The fourth-order valence-electron chi connectivity index (χ4n) is 4.55. The first kappa shape index (κ1) is 23.9. The number of rotatable bonds is 7. The molecule has 33 heavy (non-hydrogen) atoms. The molecule has 174 valence electrons. The van der Waals surface area contributed by atoms with E-state index in [0.29, 0.717) is 23.6 Å². The molecule has 0 radical (unpaired) electrons. The van der Waals surface area contributed by atoms with Crippen LogP contribution in [0.5, 0.6) is 11.5 Å². The number of methoxy groups -OCH3 is 2. The first-order chi connectivity index (χ1) is 15.9. The first-order valence-corrected chi connectivity index (χ1v) is 10.9. The monoisotopic (exact) mass is 449 g/mol. The molecule has 8 heteroatoms. The molecule has 1 amide bonds. The third kappa shape index (κ3) is 5.37. The Bertz CT molecular complexity index is 1020. The highest BCUT2D eigenvalue weighted by Gasteiger charge is 2.38. The zero-order valence-electron chi connectivity index (χ0n) is 19.4. The van der Waals surface area contributed by atoms with Crippen LogP contribution in [0.3, 0.4) is 0 Å². The van der Waals surface area contributed by atoms with E-state index in [2.05, 4.69) is 22.4 Å². The summed E-state index contributed by atoms with van der Waals surface area (Å²) in [6, 6.07) is 15.7. The number of amides is 1. The highest BCUT2D eigenvalue weighted by molar-refractivity contribution is 5.97. The molecule has 2 aromatic rings. The number of carbonyl (C=O) groups excluding carboxylic acids is 1. The summed E-state index contributed by atoms with van der Waals surface area (Å²) in [6.07, 6.45) is 5.22. The van der Waals surface area contributed by atoms with Crippen molar-refractivity contribution < 1.29 is 14.3 Å². The van der Waals surface area contributed by atoms with Gasteiger partial charge in [0, 0.05) is 31.1 Å². The number of nitrogens with zero attached hydrogens (tertiary/aromatic N) is 3. The van der Waals surface area contributed by atoms with Crippen molar-refractivity contribution in [2.24, 2.45) is 10.7 Å². The Labute approximate surface area is 195 Å². The maximum Gasteiger partial charge on any atom is 0.255 e. The van der Waals surface area contributed by atoms with E-state index >= 15 is 0 Å². The molecule has 3 rings (SSSR count). The predicted octanol–water partition coefficient (Wildman–Crippen LogP) is 3.04. The molecule has 0 heterocycles. The number of nitrogens with two attached hydrogens (primary N) is 1. The highest BCUT2D eigenvalue weighted by atomic mass is 16.5. The minimum atomic E-state index is -0.199. The van der Waals surface area contributed by atoms with Gasteiger partial charge in [-0.3, -0.25) is 4.79 Å². The van der Waals surface area contributed by atoms with Crippen LogP contribution in [0.1, 0.15) is 41.6 Å². The van der Waals surface area contributed by atoms with E-state index in [9.17, 15) is 4.79 Å². The van der Waals surface area contributed by atoms with Gasteiger partial charge in [0.1, 0.15) is 11.5 Å². The van der Waals surface area contributed by atoms with Gasteiger partial charge in [0.2, 0.25) is 12.2 Å². The lowest BCUT2D eigenvalue weighted by Gasteiger charge is -2.43. The van der Waals surface area contributed by atoms with Crippen LogP contribution in [0.2, 0.25) is 0 Å². The number of nitrogens with one attached hydrogen (secondary N) is 1. The van der Waals surface area contributed by atoms with Crippen molar-refractivity contribution in [2.45, 2.75) is 37.1 Å². The summed E-state index contributed by atoms with van der Waals surface area (Å²) in [6.45, 7) is 0.503. The van der Waals surface area contributed by atoms with E-state index in [1.165, 1.54) is 12.7 Å². The summed E-state index contributed by atoms with van der Waals surface area (Å²) in [5.74, 6) is 1.15. The normalized spacial score (nSPS) is 20.4. The third-order valence-electron chi connectivity index (χ3n) is 6.61. The number of hydrogen-bond acceptors (Lipinski definition) is 5. The van der Waals surface area contributed by atoms with Crippen LogP contribution in [0.4, 0.5) is 0 Å². The maximum absolute atomic E-state index is 13.1. The van der Waals surface area contributed by atoms with Gasteiger partial charge in [-0.2, -0.15) is 5.26 Å². The fraction of sp³-hybridized carbons (Fsp3) is 0.400. The Morgan fingerprint density at radius 2 is 1.91 bits per heavy atom. The molecule has 1 aliphatic carbocycles. The molecule has 3 N–H and O–H groups in total. The van der Waals surface area contributed by atoms with E-state index < -0.39 is 0 Å². The number of benzene rings is 2. The summed E-state index contributed by atoms with van der Waals surface area (Å²) >= 11 is 0. The molecule has 2 aromatic carbocycles. The van der Waals surface area contributed by atoms with Crippen LogP contribution in [0.15, 0.2) is 53.5 Å². The standard InChI is InChI=1S/C25H31N5O3/c1-30(24(27)29-17-26)19-11-13-25(14-12-19,18-7-5-4-6-8-18)16-28-23(31)21-10-9-20(32-2)15-22(21)33-3/h4-10,15,19H,11-14,16H2,1-3H3,(H2,27,29)(H,28,31)/t19-,25-.